The number of aliphatic carboxylic acids is 1. The van der Waals surface area contributed by atoms with Gasteiger partial charge in [-0.3, -0.25) is 4.79 Å². The zero-order valence-electron chi connectivity index (χ0n) is 12.1. The number of nitrogens with two attached hydrogens (primary N) is 1. The third-order valence-corrected chi connectivity index (χ3v) is 3.48. The third kappa shape index (κ3) is 4.09. The molecule has 0 aromatic heterocycles. The van der Waals surface area contributed by atoms with Crippen molar-refractivity contribution in [3.63, 3.8) is 0 Å². The molecule has 21 heavy (non-hydrogen) atoms. The van der Waals surface area contributed by atoms with Crippen LogP contribution in [0.5, 0.6) is 11.5 Å². The molecule has 0 bridgehead atoms. The molecule has 1 atom stereocenters. The van der Waals surface area contributed by atoms with E-state index in [9.17, 15) is 4.79 Å². The summed E-state index contributed by atoms with van der Waals surface area (Å²) >= 11 is 0. The number of hydrogen-bond donors (Lipinski definition) is 2. The number of methoxy groups -OCH3 is 1. The van der Waals surface area contributed by atoms with Crippen LogP contribution in [0.1, 0.15) is 18.4 Å². The summed E-state index contributed by atoms with van der Waals surface area (Å²) in [6.07, 6.45) is 1.96. The number of ether oxygens (including phenoxy) is 3. The van der Waals surface area contributed by atoms with Crippen LogP contribution in [0.2, 0.25) is 0 Å². The molecule has 1 aromatic carbocycles. The van der Waals surface area contributed by atoms with Crippen molar-refractivity contribution in [3.8, 4) is 11.5 Å². The highest BCUT2D eigenvalue weighted by Gasteiger charge is 2.21. The minimum Gasteiger partial charge on any atom is -0.493 e. The van der Waals surface area contributed by atoms with Crippen LogP contribution in [-0.2, 0) is 16.0 Å². The highest BCUT2D eigenvalue weighted by atomic mass is 16.5. The fourth-order valence-electron chi connectivity index (χ4n) is 2.34. The first-order chi connectivity index (χ1) is 10.1. The van der Waals surface area contributed by atoms with E-state index >= 15 is 0 Å². The molecule has 1 fully saturated rings. The fourth-order valence-corrected chi connectivity index (χ4v) is 2.34. The van der Waals surface area contributed by atoms with Crippen molar-refractivity contribution in [2.24, 2.45) is 5.73 Å². The Kier molecular flexibility index (Phi) is 5.41. The van der Waals surface area contributed by atoms with Crippen LogP contribution in [-0.4, -0.2) is 43.5 Å². The van der Waals surface area contributed by atoms with Gasteiger partial charge in [0, 0.05) is 24.8 Å². The first-order valence-electron chi connectivity index (χ1n) is 7.00. The Hall–Kier alpha value is -1.79. The Morgan fingerprint density at radius 1 is 1.48 bits per heavy atom. The quantitative estimate of drug-likeness (QED) is 0.819. The van der Waals surface area contributed by atoms with Gasteiger partial charge in [0.15, 0.2) is 11.5 Å². The van der Waals surface area contributed by atoms with Gasteiger partial charge in [-0.1, -0.05) is 12.1 Å². The lowest BCUT2D eigenvalue weighted by molar-refractivity contribution is -0.138. The molecule has 1 aliphatic rings. The van der Waals surface area contributed by atoms with Crippen molar-refractivity contribution >= 4 is 5.97 Å². The van der Waals surface area contributed by atoms with Crippen molar-refractivity contribution in [2.45, 2.75) is 31.4 Å². The van der Waals surface area contributed by atoms with Crippen molar-refractivity contribution < 1.29 is 24.1 Å². The van der Waals surface area contributed by atoms with E-state index < -0.39 is 12.0 Å². The summed E-state index contributed by atoms with van der Waals surface area (Å²) in [7, 11) is 1.54. The third-order valence-electron chi connectivity index (χ3n) is 3.48. The molecule has 1 aliphatic heterocycles. The van der Waals surface area contributed by atoms with Crippen LogP contribution in [0.4, 0.5) is 0 Å². The van der Waals surface area contributed by atoms with Crippen molar-refractivity contribution in [2.75, 3.05) is 20.3 Å². The molecule has 3 N–H and O–H groups in total. The Labute approximate surface area is 123 Å². The molecule has 0 saturated carbocycles. The van der Waals surface area contributed by atoms with E-state index in [0.29, 0.717) is 24.7 Å². The topological polar surface area (TPSA) is 91.0 Å². The Morgan fingerprint density at radius 3 is 2.81 bits per heavy atom. The average molecular weight is 295 g/mol. The summed E-state index contributed by atoms with van der Waals surface area (Å²) in [5.74, 6) is 0.146. The summed E-state index contributed by atoms with van der Waals surface area (Å²) < 4.78 is 16.7. The molecule has 0 spiro atoms. The molecular formula is C15H21NO5. The largest absolute Gasteiger partial charge is 0.493 e. The van der Waals surface area contributed by atoms with Crippen LogP contribution in [0.3, 0.4) is 0 Å². The predicted molar refractivity (Wildman–Crippen MR) is 76.8 cm³/mol. The maximum absolute atomic E-state index is 10.9. The maximum Gasteiger partial charge on any atom is 0.320 e. The van der Waals surface area contributed by atoms with Gasteiger partial charge < -0.3 is 25.1 Å². The van der Waals surface area contributed by atoms with Crippen LogP contribution in [0.25, 0.3) is 0 Å². The van der Waals surface area contributed by atoms with E-state index in [4.69, 9.17) is 25.1 Å². The fraction of sp³-hybridized carbons (Fsp3) is 0.533. The summed E-state index contributed by atoms with van der Waals surface area (Å²) in [6.45, 7) is 1.38. The normalized spacial score (nSPS) is 17.2. The van der Waals surface area contributed by atoms with Gasteiger partial charge in [0.2, 0.25) is 0 Å². The number of carboxylic acids is 1. The molecule has 0 amide bonds. The van der Waals surface area contributed by atoms with Gasteiger partial charge in [0.05, 0.1) is 20.3 Å². The molecule has 0 aliphatic carbocycles. The second-order valence-electron chi connectivity index (χ2n) is 5.03. The maximum atomic E-state index is 10.9. The number of carbonyl (C=O) groups is 1. The lowest BCUT2D eigenvalue weighted by Crippen LogP contribution is -2.32. The second kappa shape index (κ2) is 7.28. The Bertz CT molecular complexity index is 485. The molecule has 6 heteroatoms. The van der Waals surface area contributed by atoms with Crippen LogP contribution < -0.4 is 15.2 Å². The van der Waals surface area contributed by atoms with Crippen LogP contribution >= 0.6 is 0 Å². The highest BCUT2D eigenvalue weighted by Crippen LogP contribution is 2.33. The first-order valence-corrected chi connectivity index (χ1v) is 7.00. The van der Waals surface area contributed by atoms with Gasteiger partial charge in [-0.05, 0) is 6.07 Å². The average Bonchev–Trinajstić information content (AvgIpc) is 2.48. The van der Waals surface area contributed by atoms with E-state index in [0.717, 1.165) is 18.4 Å². The summed E-state index contributed by atoms with van der Waals surface area (Å²) in [5, 5.41) is 8.93. The number of carboxylic acid groups (broad SMARTS) is 1. The molecule has 6 nitrogen and oxygen atoms in total. The minimum atomic E-state index is -1.03. The smallest absolute Gasteiger partial charge is 0.320 e. The Balaban J connectivity index is 2.15. The van der Waals surface area contributed by atoms with E-state index in [1.165, 1.54) is 0 Å². The lowest BCUT2D eigenvalue weighted by Gasteiger charge is -2.25. The number of benzene rings is 1. The molecule has 1 unspecified atom stereocenters. The summed E-state index contributed by atoms with van der Waals surface area (Å²) in [6, 6.07) is 4.49. The van der Waals surface area contributed by atoms with Gasteiger partial charge in [-0.2, -0.15) is 0 Å². The van der Waals surface area contributed by atoms with Gasteiger partial charge >= 0.3 is 5.97 Å². The van der Waals surface area contributed by atoms with E-state index in [2.05, 4.69) is 0 Å². The molecule has 116 valence electrons. The zero-order valence-corrected chi connectivity index (χ0v) is 12.1. The van der Waals surface area contributed by atoms with E-state index in [-0.39, 0.29) is 12.5 Å². The van der Waals surface area contributed by atoms with Gasteiger partial charge in [0.1, 0.15) is 12.1 Å². The molecular weight excluding hydrogens is 274 g/mol. The highest BCUT2D eigenvalue weighted by molar-refractivity contribution is 5.73. The standard InChI is InChI=1S/C15H21NO5/c1-19-14-10(9-12(16)15(17)18)3-2-4-13(14)21-11-5-7-20-8-6-11/h2-4,11-12H,5-9,16H2,1H3,(H,17,18). The van der Waals surface area contributed by atoms with Gasteiger partial charge in [-0.15, -0.1) is 0 Å². The van der Waals surface area contributed by atoms with E-state index in [1.54, 1.807) is 13.2 Å². The first kappa shape index (κ1) is 15.6. The SMILES string of the molecule is COc1c(CC(N)C(=O)O)cccc1OC1CCOCC1. The van der Waals surface area contributed by atoms with Crippen molar-refractivity contribution in [1.82, 2.24) is 0 Å². The number of para-hydroxylation sites is 1. The van der Waals surface area contributed by atoms with Crippen LogP contribution in [0, 0.1) is 0 Å². The van der Waals surface area contributed by atoms with Crippen molar-refractivity contribution in [1.29, 1.82) is 0 Å². The molecule has 1 aromatic rings. The van der Waals surface area contributed by atoms with Gasteiger partial charge in [0.25, 0.3) is 0 Å². The Morgan fingerprint density at radius 2 is 2.19 bits per heavy atom. The monoisotopic (exact) mass is 295 g/mol. The molecule has 1 saturated heterocycles. The molecule has 1 heterocycles. The summed E-state index contributed by atoms with van der Waals surface area (Å²) in [5.41, 5.74) is 6.33. The van der Waals surface area contributed by atoms with Crippen molar-refractivity contribution in [3.05, 3.63) is 23.8 Å². The molecule has 0 radical (unpaired) electrons. The second-order valence-corrected chi connectivity index (χ2v) is 5.03. The van der Waals surface area contributed by atoms with Gasteiger partial charge in [-0.25, -0.2) is 0 Å². The van der Waals surface area contributed by atoms with Crippen LogP contribution in [0.15, 0.2) is 18.2 Å². The lowest BCUT2D eigenvalue weighted by atomic mass is 10.0. The van der Waals surface area contributed by atoms with E-state index in [1.807, 2.05) is 12.1 Å². The zero-order chi connectivity index (χ0) is 15.2. The number of hydrogen-bond acceptors (Lipinski definition) is 5. The predicted octanol–water partition coefficient (Wildman–Crippen LogP) is 1.21. The number of rotatable bonds is 6. The molecule has 2 rings (SSSR count). The summed E-state index contributed by atoms with van der Waals surface area (Å²) in [4.78, 5) is 10.9. The minimum absolute atomic E-state index is 0.0936.